The minimum atomic E-state index is 0.175. The van der Waals surface area contributed by atoms with Crippen LogP contribution in [0.3, 0.4) is 0 Å². The average molecular weight is 276 g/mol. The first-order valence-corrected chi connectivity index (χ1v) is 8.32. The molecular weight excluding hydrogens is 264 g/mol. The predicted molar refractivity (Wildman–Crippen MR) is 80.4 cm³/mol. The van der Waals surface area contributed by atoms with Gasteiger partial charge in [0.05, 0.1) is 4.08 Å². The molecule has 0 radical (unpaired) electrons. The summed E-state index contributed by atoms with van der Waals surface area (Å²) in [5.74, 6) is 0. The highest BCUT2D eigenvalue weighted by atomic mass is 32.2. The molecule has 0 spiro atoms. The Balaban J connectivity index is 2.25. The summed E-state index contributed by atoms with van der Waals surface area (Å²) in [4.78, 5) is 0. The molecule has 86 valence electrons. The molecule has 1 aromatic heterocycles. The third-order valence-corrected chi connectivity index (χ3v) is 8.03. The summed E-state index contributed by atoms with van der Waals surface area (Å²) in [5.41, 5.74) is 3.21. The lowest BCUT2D eigenvalue weighted by atomic mass is 9.74. The molecular formula is C14H12S3. The van der Waals surface area contributed by atoms with Gasteiger partial charge in [-0.2, -0.15) is 0 Å². The van der Waals surface area contributed by atoms with Crippen LogP contribution in [0.5, 0.6) is 0 Å². The second-order valence-electron chi connectivity index (χ2n) is 4.90. The van der Waals surface area contributed by atoms with Gasteiger partial charge in [-0.15, -0.1) is 34.9 Å². The third kappa shape index (κ3) is 1.05. The maximum absolute atomic E-state index is 2.41. The third-order valence-electron chi connectivity index (χ3n) is 4.24. The maximum atomic E-state index is 2.41. The number of thiophene rings is 1. The van der Waals surface area contributed by atoms with Crippen LogP contribution >= 0.6 is 34.9 Å². The summed E-state index contributed by atoms with van der Waals surface area (Å²) in [6.07, 6.45) is 4.65. The predicted octanol–water partition coefficient (Wildman–Crippen LogP) is 3.31. The molecule has 2 unspecified atom stereocenters. The Bertz CT molecular complexity index is 637. The van der Waals surface area contributed by atoms with E-state index in [0.29, 0.717) is 0 Å². The zero-order chi connectivity index (χ0) is 11.7. The van der Waals surface area contributed by atoms with Gasteiger partial charge in [0.25, 0.3) is 0 Å². The first-order chi connectivity index (χ1) is 8.17. The quantitative estimate of drug-likeness (QED) is 0.713. The number of allylic oxidation sites excluding steroid dienone is 2. The summed E-state index contributed by atoms with van der Waals surface area (Å²) in [5, 5.41) is 8.22. The first kappa shape index (κ1) is 10.5. The molecule has 17 heavy (non-hydrogen) atoms. The van der Waals surface area contributed by atoms with Gasteiger partial charge in [0.1, 0.15) is 0 Å². The van der Waals surface area contributed by atoms with Crippen molar-refractivity contribution in [1.82, 2.24) is 0 Å². The first-order valence-electron chi connectivity index (χ1n) is 5.69. The second kappa shape index (κ2) is 3.14. The van der Waals surface area contributed by atoms with E-state index in [9.17, 15) is 0 Å². The second-order valence-corrected chi connectivity index (χ2v) is 8.73. The summed E-state index contributed by atoms with van der Waals surface area (Å²) in [6, 6.07) is 2.28. The van der Waals surface area contributed by atoms with E-state index in [2.05, 4.69) is 48.3 Å². The lowest BCUT2D eigenvalue weighted by Gasteiger charge is -2.48. The number of rotatable bonds is 0. The Morgan fingerprint density at radius 3 is 2.47 bits per heavy atom. The van der Waals surface area contributed by atoms with Crippen LogP contribution < -0.4 is 9.75 Å². The van der Waals surface area contributed by atoms with E-state index in [-0.39, 0.29) is 9.49 Å². The molecule has 0 nitrogen and oxygen atoms in total. The van der Waals surface area contributed by atoms with Crippen molar-refractivity contribution in [2.75, 3.05) is 0 Å². The largest absolute Gasteiger partial charge is 0.143 e. The van der Waals surface area contributed by atoms with E-state index in [1.165, 1.54) is 20.9 Å². The Morgan fingerprint density at radius 2 is 1.71 bits per heavy atom. The topological polar surface area (TPSA) is 0 Å². The van der Waals surface area contributed by atoms with Crippen molar-refractivity contribution < 1.29 is 0 Å². The zero-order valence-electron chi connectivity index (χ0n) is 9.69. The van der Waals surface area contributed by atoms with Crippen molar-refractivity contribution in [1.29, 1.82) is 0 Å². The molecule has 0 N–H and O–H groups in total. The van der Waals surface area contributed by atoms with Crippen LogP contribution in [-0.4, -0.2) is 4.08 Å². The summed E-state index contributed by atoms with van der Waals surface area (Å²) < 4.78 is 1.69. The number of thioether (sulfide) groups is 2. The Labute approximate surface area is 113 Å². The lowest BCUT2D eigenvalue weighted by molar-refractivity contribution is 0.557. The number of fused-ring (bicyclic) bond motifs is 1. The van der Waals surface area contributed by atoms with Gasteiger partial charge < -0.3 is 0 Å². The van der Waals surface area contributed by atoms with Crippen molar-refractivity contribution in [3.8, 4) is 0 Å². The molecule has 2 aliphatic heterocycles. The molecule has 3 aliphatic rings. The van der Waals surface area contributed by atoms with Crippen LogP contribution in [-0.2, 0) is 0 Å². The molecule has 3 heteroatoms. The van der Waals surface area contributed by atoms with Crippen LogP contribution in [0.25, 0.3) is 11.1 Å². The Morgan fingerprint density at radius 1 is 1.00 bits per heavy atom. The van der Waals surface area contributed by atoms with Crippen LogP contribution in [0.4, 0.5) is 0 Å². The smallest absolute Gasteiger partial charge is 0.0799 e. The zero-order valence-corrected chi connectivity index (χ0v) is 12.1. The van der Waals surface area contributed by atoms with E-state index < -0.39 is 0 Å². The van der Waals surface area contributed by atoms with Crippen molar-refractivity contribution in [2.45, 2.75) is 17.9 Å². The van der Waals surface area contributed by atoms with E-state index >= 15 is 0 Å². The van der Waals surface area contributed by atoms with Gasteiger partial charge in [-0.1, -0.05) is 12.2 Å². The highest BCUT2D eigenvalue weighted by Crippen LogP contribution is 2.64. The molecule has 0 amide bonds. The summed E-state index contributed by atoms with van der Waals surface area (Å²) >= 11 is 5.81. The molecule has 0 saturated heterocycles. The van der Waals surface area contributed by atoms with Gasteiger partial charge in [-0.3, -0.25) is 0 Å². The van der Waals surface area contributed by atoms with E-state index in [1.54, 1.807) is 0 Å². The van der Waals surface area contributed by atoms with Crippen molar-refractivity contribution >= 4 is 46.0 Å². The van der Waals surface area contributed by atoms with E-state index in [4.69, 9.17) is 0 Å². The minimum absolute atomic E-state index is 0.175. The molecule has 2 atom stereocenters. The molecule has 3 heterocycles. The fourth-order valence-electron chi connectivity index (χ4n) is 3.09. The normalized spacial score (nSPS) is 37.3. The monoisotopic (exact) mass is 276 g/mol. The number of hydrogen-bond donors (Lipinski definition) is 0. The van der Waals surface area contributed by atoms with Crippen molar-refractivity contribution in [3.63, 3.8) is 0 Å². The average Bonchev–Trinajstić information content (AvgIpc) is 2.83. The van der Waals surface area contributed by atoms with Gasteiger partial charge in [-0.25, -0.2) is 0 Å². The van der Waals surface area contributed by atoms with Crippen LogP contribution in [0.2, 0.25) is 0 Å². The SMILES string of the molecule is CC12SC=CC3=c4ccsc4=C(C=CS1)C32C. The van der Waals surface area contributed by atoms with Crippen molar-refractivity contribution in [2.24, 2.45) is 5.41 Å². The fraction of sp³-hybridized carbons (Fsp3) is 0.286. The molecule has 0 saturated carbocycles. The van der Waals surface area contributed by atoms with Gasteiger partial charge in [0, 0.05) is 9.95 Å². The van der Waals surface area contributed by atoms with Gasteiger partial charge in [-0.05, 0) is 52.5 Å². The molecule has 0 fully saturated rings. The van der Waals surface area contributed by atoms with Crippen molar-refractivity contribution in [3.05, 3.63) is 44.2 Å². The minimum Gasteiger partial charge on any atom is -0.143 e. The van der Waals surface area contributed by atoms with Gasteiger partial charge >= 0.3 is 0 Å². The standard InChI is InChI=1S/C14H12S3/c1-13-10-4-7-16-14(13,2)17-8-5-11(13)12-9(10)3-6-15-12/h3-8H,1-2H3. The van der Waals surface area contributed by atoms with Gasteiger partial charge in [0.2, 0.25) is 0 Å². The Kier molecular flexibility index (Phi) is 1.94. The Hall–Kier alpha value is -0.380. The van der Waals surface area contributed by atoms with Gasteiger partial charge in [0.15, 0.2) is 0 Å². The lowest BCUT2D eigenvalue weighted by Crippen LogP contribution is -2.41. The highest BCUT2D eigenvalue weighted by molar-refractivity contribution is 8.21. The molecule has 1 aliphatic carbocycles. The van der Waals surface area contributed by atoms with E-state index in [0.717, 1.165) is 0 Å². The highest BCUT2D eigenvalue weighted by Gasteiger charge is 2.54. The van der Waals surface area contributed by atoms with Crippen LogP contribution in [0.1, 0.15) is 13.8 Å². The fourth-order valence-corrected chi connectivity index (χ4v) is 6.53. The number of hydrogen-bond acceptors (Lipinski definition) is 3. The summed E-state index contributed by atoms with van der Waals surface area (Å²) in [6.45, 7) is 4.79. The van der Waals surface area contributed by atoms with Crippen LogP contribution in [0, 0.1) is 5.41 Å². The molecule has 4 rings (SSSR count). The summed E-state index contributed by atoms with van der Waals surface area (Å²) in [7, 11) is 0. The van der Waals surface area contributed by atoms with Crippen LogP contribution in [0.15, 0.2) is 34.4 Å². The molecule has 0 aromatic carbocycles. The molecule has 1 aromatic rings. The van der Waals surface area contributed by atoms with E-state index in [1.807, 2.05) is 34.9 Å². The maximum Gasteiger partial charge on any atom is 0.0799 e. The molecule has 0 bridgehead atoms.